The van der Waals surface area contributed by atoms with E-state index >= 15 is 0 Å². The van der Waals surface area contributed by atoms with Crippen molar-refractivity contribution < 1.29 is 14.7 Å². The van der Waals surface area contributed by atoms with Gasteiger partial charge in [-0.3, -0.25) is 4.79 Å². The summed E-state index contributed by atoms with van der Waals surface area (Å²) >= 11 is 23.1. The lowest BCUT2D eigenvalue weighted by atomic mass is 10.0. The summed E-state index contributed by atoms with van der Waals surface area (Å²) < 4.78 is 0. The molecule has 0 aliphatic carbocycles. The number of halogens is 4. The molecule has 1 unspecified atom stereocenters. The van der Waals surface area contributed by atoms with Crippen molar-refractivity contribution in [3.63, 3.8) is 0 Å². The highest BCUT2D eigenvalue weighted by Gasteiger charge is 2.19. The lowest BCUT2D eigenvalue weighted by Gasteiger charge is -2.16. The van der Waals surface area contributed by atoms with E-state index in [-0.39, 0.29) is 12.5 Å². The Bertz CT molecular complexity index is 581. The van der Waals surface area contributed by atoms with E-state index in [4.69, 9.17) is 51.5 Å². The van der Waals surface area contributed by atoms with Crippen LogP contribution in [0, 0.1) is 0 Å². The Morgan fingerprint density at radius 3 is 2.19 bits per heavy atom. The molecule has 21 heavy (non-hydrogen) atoms. The molecule has 1 aromatic carbocycles. The fourth-order valence-corrected chi connectivity index (χ4v) is 2.60. The van der Waals surface area contributed by atoms with Gasteiger partial charge in [-0.25, -0.2) is 4.79 Å². The fraction of sp³-hybridized carbons (Fsp3) is 0.231. The Kier molecular flexibility index (Phi) is 6.81. The Labute approximate surface area is 141 Å². The van der Waals surface area contributed by atoms with Gasteiger partial charge in [0.1, 0.15) is 10.1 Å². The predicted molar refractivity (Wildman–Crippen MR) is 84.3 cm³/mol. The Balaban J connectivity index is 2.78. The van der Waals surface area contributed by atoms with E-state index < -0.39 is 21.9 Å². The third kappa shape index (κ3) is 4.78. The maximum Gasteiger partial charge on any atom is 0.349 e. The number of rotatable bonds is 5. The van der Waals surface area contributed by atoms with Crippen LogP contribution in [0.15, 0.2) is 28.3 Å². The molecule has 0 bridgehead atoms. The second-order valence-electron chi connectivity index (χ2n) is 4.18. The molecule has 2 N–H and O–H groups in total. The third-order valence-electron chi connectivity index (χ3n) is 2.64. The minimum absolute atomic E-state index is 0.169. The molecule has 0 aliphatic heterocycles. The van der Waals surface area contributed by atoms with Crippen LogP contribution in [0.4, 0.5) is 0 Å². The number of hydrogen-bond donors (Lipinski definition) is 2. The number of aliphatic carboxylic acids is 1. The molecule has 0 saturated heterocycles. The number of amides is 1. The standard InChI is InChI=1S/C13H11Cl4NO3/c1-6(9-7(14)3-2-4-8(9)15)5-18-12(19)10(16)11(17)13(20)21/h2-4,6H,5H2,1H3,(H,18,19)(H,20,21)/b11-10-. The van der Waals surface area contributed by atoms with E-state index in [0.29, 0.717) is 15.6 Å². The molecule has 0 radical (unpaired) electrons. The van der Waals surface area contributed by atoms with Crippen LogP contribution >= 0.6 is 46.4 Å². The summed E-state index contributed by atoms with van der Waals surface area (Å²) in [5.74, 6) is -2.44. The fourth-order valence-electron chi connectivity index (χ4n) is 1.60. The van der Waals surface area contributed by atoms with Gasteiger partial charge in [-0.15, -0.1) is 0 Å². The van der Waals surface area contributed by atoms with Crippen molar-refractivity contribution in [3.05, 3.63) is 43.9 Å². The van der Waals surface area contributed by atoms with Gasteiger partial charge in [0.2, 0.25) is 0 Å². The van der Waals surface area contributed by atoms with Crippen molar-refractivity contribution in [2.45, 2.75) is 12.8 Å². The molecule has 1 atom stereocenters. The Morgan fingerprint density at radius 1 is 1.19 bits per heavy atom. The molecular weight excluding hydrogens is 360 g/mol. The highest BCUT2D eigenvalue weighted by atomic mass is 35.5. The van der Waals surface area contributed by atoms with E-state index in [1.165, 1.54) is 0 Å². The maximum atomic E-state index is 11.7. The monoisotopic (exact) mass is 369 g/mol. The zero-order chi connectivity index (χ0) is 16.2. The minimum atomic E-state index is -1.47. The lowest BCUT2D eigenvalue weighted by Crippen LogP contribution is -2.28. The van der Waals surface area contributed by atoms with E-state index in [0.717, 1.165) is 0 Å². The molecule has 0 spiro atoms. The van der Waals surface area contributed by atoms with E-state index in [1.807, 2.05) is 6.92 Å². The van der Waals surface area contributed by atoms with Crippen molar-refractivity contribution >= 4 is 58.3 Å². The van der Waals surface area contributed by atoms with Crippen molar-refractivity contribution in [3.8, 4) is 0 Å². The number of carbonyl (C=O) groups excluding carboxylic acids is 1. The molecule has 1 rings (SSSR count). The molecule has 0 fully saturated rings. The van der Waals surface area contributed by atoms with E-state index in [2.05, 4.69) is 5.32 Å². The number of benzene rings is 1. The van der Waals surface area contributed by atoms with Crippen LogP contribution in [0.25, 0.3) is 0 Å². The van der Waals surface area contributed by atoms with Crippen molar-refractivity contribution in [1.29, 1.82) is 0 Å². The van der Waals surface area contributed by atoms with Gasteiger partial charge in [0, 0.05) is 22.5 Å². The Hall–Kier alpha value is -0.940. The first-order valence-corrected chi connectivity index (χ1v) is 7.27. The Morgan fingerprint density at radius 2 is 1.71 bits per heavy atom. The highest BCUT2D eigenvalue weighted by Crippen LogP contribution is 2.31. The topological polar surface area (TPSA) is 66.4 Å². The zero-order valence-electron chi connectivity index (χ0n) is 10.8. The van der Waals surface area contributed by atoms with Gasteiger partial charge in [-0.2, -0.15) is 0 Å². The average Bonchev–Trinajstić information content (AvgIpc) is 2.42. The van der Waals surface area contributed by atoms with Gasteiger partial charge in [0.25, 0.3) is 5.91 Å². The number of carboxylic acid groups (broad SMARTS) is 1. The average molecular weight is 371 g/mol. The van der Waals surface area contributed by atoms with Crippen molar-refractivity contribution in [1.82, 2.24) is 5.32 Å². The van der Waals surface area contributed by atoms with Crippen LogP contribution < -0.4 is 5.32 Å². The molecule has 8 heteroatoms. The summed E-state index contributed by atoms with van der Waals surface area (Å²) in [6.07, 6.45) is 0. The lowest BCUT2D eigenvalue weighted by molar-refractivity contribution is -0.132. The second kappa shape index (κ2) is 7.90. The summed E-state index contributed by atoms with van der Waals surface area (Å²) in [7, 11) is 0. The summed E-state index contributed by atoms with van der Waals surface area (Å²) in [6, 6.07) is 5.09. The predicted octanol–water partition coefficient (Wildman–Crippen LogP) is 3.99. The van der Waals surface area contributed by atoms with Crippen LogP contribution in [0.2, 0.25) is 10.0 Å². The highest BCUT2D eigenvalue weighted by molar-refractivity contribution is 6.53. The van der Waals surface area contributed by atoms with Gasteiger partial charge < -0.3 is 10.4 Å². The van der Waals surface area contributed by atoms with Crippen LogP contribution in [-0.2, 0) is 9.59 Å². The van der Waals surface area contributed by atoms with Crippen molar-refractivity contribution in [2.75, 3.05) is 6.54 Å². The number of carbonyl (C=O) groups is 2. The van der Waals surface area contributed by atoms with Gasteiger partial charge in [0.15, 0.2) is 0 Å². The van der Waals surface area contributed by atoms with Crippen molar-refractivity contribution in [2.24, 2.45) is 0 Å². The number of hydrogen-bond acceptors (Lipinski definition) is 2. The zero-order valence-corrected chi connectivity index (χ0v) is 13.8. The summed E-state index contributed by atoms with van der Waals surface area (Å²) in [6.45, 7) is 1.98. The molecular formula is C13H11Cl4NO3. The van der Waals surface area contributed by atoms with Gasteiger partial charge in [0.05, 0.1) is 0 Å². The smallest absolute Gasteiger partial charge is 0.349 e. The van der Waals surface area contributed by atoms with E-state index in [9.17, 15) is 9.59 Å². The molecule has 1 aromatic rings. The van der Waals surface area contributed by atoms with E-state index in [1.54, 1.807) is 18.2 Å². The van der Waals surface area contributed by atoms with Crippen LogP contribution in [0.5, 0.6) is 0 Å². The molecule has 0 aliphatic rings. The molecule has 4 nitrogen and oxygen atoms in total. The van der Waals surface area contributed by atoms with Gasteiger partial charge in [-0.05, 0) is 17.7 Å². The molecule has 0 aromatic heterocycles. The van der Waals surface area contributed by atoms with Gasteiger partial charge in [-0.1, -0.05) is 59.4 Å². The third-order valence-corrected chi connectivity index (χ3v) is 4.11. The first kappa shape index (κ1) is 18.1. The minimum Gasteiger partial charge on any atom is -0.477 e. The molecule has 0 heterocycles. The molecule has 1 amide bonds. The second-order valence-corrected chi connectivity index (χ2v) is 5.75. The number of nitrogens with one attached hydrogen (secondary N) is 1. The largest absolute Gasteiger partial charge is 0.477 e. The first-order chi connectivity index (χ1) is 9.75. The normalized spacial score (nSPS) is 13.4. The molecule has 0 saturated carbocycles. The van der Waals surface area contributed by atoms with Crippen LogP contribution in [0.1, 0.15) is 18.4 Å². The SMILES string of the molecule is CC(CNC(=O)/C(Cl)=C(/Cl)C(=O)O)c1c(Cl)cccc1Cl. The quantitative estimate of drug-likeness (QED) is 0.770. The first-order valence-electron chi connectivity index (χ1n) is 5.76. The van der Waals surface area contributed by atoms with Gasteiger partial charge >= 0.3 is 5.97 Å². The summed E-state index contributed by atoms with van der Waals surface area (Å²) in [5.41, 5.74) is 0.686. The van der Waals surface area contributed by atoms with Crippen LogP contribution in [-0.4, -0.2) is 23.5 Å². The van der Waals surface area contributed by atoms with Crippen LogP contribution in [0.3, 0.4) is 0 Å². The summed E-state index contributed by atoms with van der Waals surface area (Å²) in [4.78, 5) is 22.3. The number of carboxylic acids is 1. The summed E-state index contributed by atoms with van der Waals surface area (Å²) in [5, 5.41) is 10.8. The molecule has 114 valence electrons. The maximum absolute atomic E-state index is 11.7.